The summed E-state index contributed by atoms with van der Waals surface area (Å²) in [6.07, 6.45) is 3.09. The van der Waals surface area contributed by atoms with Crippen LogP contribution in [0, 0.1) is 39.4 Å². The zero-order chi connectivity index (χ0) is 33.3. The van der Waals surface area contributed by atoms with Gasteiger partial charge in [0.1, 0.15) is 24.4 Å². The lowest BCUT2D eigenvalue weighted by Crippen LogP contribution is -2.62. The Balaban J connectivity index is 1.37. The number of ether oxygens (including phenoxy) is 2. The van der Waals surface area contributed by atoms with Gasteiger partial charge >= 0.3 is 0 Å². The number of allylic oxidation sites excluding steroid dienone is 2. The Morgan fingerprint density at radius 2 is 1.64 bits per heavy atom. The summed E-state index contributed by atoms with van der Waals surface area (Å²) in [5.74, 6) is 1.36. The Labute approximate surface area is 270 Å². The van der Waals surface area contributed by atoms with E-state index in [1.54, 1.807) is 11.1 Å². The third kappa shape index (κ3) is 5.51. The zero-order valence-corrected chi connectivity index (χ0v) is 28.9. The molecule has 6 N–H and O–H groups in total. The molecule has 0 spiro atoms. The SMILES string of the molecule is C=C(CC[C@@H](C)[C@H]1CC[C@@]2(C)C3=C(CC[C@]12C)[C@@]1(C)CC[C@H](O[C@@H]2O[C@H](CO)[C@@H](O)[C@H](O)C2O)[C@@](C)(CO)[C@@H]1CC3)C(C)(C)O. The summed E-state index contributed by atoms with van der Waals surface area (Å²) in [7, 11) is 0. The summed E-state index contributed by atoms with van der Waals surface area (Å²) in [5.41, 5.74) is 3.04. The van der Waals surface area contributed by atoms with Crippen molar-refractivity contribution in [2.45, 2.75) is 155 Å². The molecule has 258 valence electrons. The van der Waals surface area contributed by atoms with Gasteiger partial charge in [-0.3, -0.25) is 0 Å². The van der Waals surface area contributed by atoms with Crippen LogP contribution in [-0.4, -0.2) is 86.3 Å². The lowest BCUT2D eigenvalue weighted by Gasteiger charge is -2.63. The smallest absolute Gasteiger partial charge is 0.186 e. The van der Waals surface area contributed by atoms with Crippen LogP contribution in [-0.2, 0) is 9.47 Å². The second kappa shape index (κ2) is 12.2. The number of aliphatic hydroxyl groups excluding tert-OH is 5. The molecule has 1 heterocycles. The fourth-order valence-electron chi connectivity index (χ4n) is 11.1. The number of hydrogen-bond acceptors (Lipinski definition) is 8. The Bertz CT molecular complexity index is 1140. The standard InChI is InChI=1S/C37H62O8/c1-21(9-10-22(2)33(3,4)43)23-13-17-37(8)25-11-12-27-34(5,24(25)14-18-36(23,37)7)16-15-28(35(27,6)20-39)45-32-31(42)30(41)29(40)26(19-38)44-32/h21,23,26-32,38-43H,2,9-20H2,1,3-8H3/t21-,23-,26-,27-,28+,29-,30+,31?,32+,34-,35+,36-,37+/m1/s1. The van der Waals surface area contributed by atoms with Crippen LogP contribution in [0.15, 0.2) is 23.3 Å². The molecule has 1 unspecified atom stereocenters. The molecule has 0 aromatic rings. The molecular weight excluding hydrogens is 572 g/mol. The van der Waals surface area contributed by atoms with E-state index in [1.807, 2.05) is 13.8 Å². The minimum absolute atomic E-state index is 0.0670. The fourth-order valence-corrected chi connectivity index (χ4v) is 11.1. The third-order valence-corrected chi connectivity index (χ3v) is 14.5. The van der Waals surface area contributed by atoms with E-state index in [2.05, 4.69) is 41.2 Å². The first-order chi connectivity index (χ1) is 20.9. The Hall–Kier alpha value is -0.840. The van der Waals surface area contributed by atoms with Gasteiger partial charge in [0.25, 0.3) is 0 Å². The largest absolute Gasteiger partial charge is 0.396 e. The van der Waals surface area contributed by atoms with Gasteiger partial charge in [-0.1, -0.05) is 52.3 Å². The van der Waals surface area contributed by atoms with Crippen molar-refractivity contribution in [3.8, 4) is 0 Å². The first kappa shape index (κ1) is 35.5. The van der Waals surface area contributed by atoms with Crippen molar-refractivity contribution in [1.82, 2.24) is 0 Å². The maximum atomic E-state index is 11.0. The summed E-state index contributed by atoms with van der Waals surface area (Å²) >= 11 is 0. The minimum Gasteiger partial charge on any atom is -0.396 e. The van der Waals surface area contributed by atoms with Crippen molar-refractivity contribution >= 4 is 0 Å². The van der Waals surface area contributed by atoms with E-state index in [1.165, 1.54) is 12.8 Å². The molecule has 0 radical (unpaired) electrons. The normalized spacial score (nSPS) is 47.6. The van der Waals surface area contributed by atoms with Crippen LogP contribution in [0.25, 0.3) is 0 Å². The van der Waals surface area contributed by atoms with E-state index >= 15 is 0 Å². The summed E-state index contributed by atoms with van der Waals surface area (Å²) in [5, 5.41) is 62.4. The van der Waals surface area contributed by atoms with E-state index in [9.17, 15) is 30.6 Å². The van der Waals surface area contributed by atoms with Gasteiger partial charge in [-0.2, -0.15) is 0 Å². The van der Waals surface area contributed by atoms with Gasteiger partial charge in [-0.25, -0.2) is 0 Å². The summed E-state index contributed by atoms with van der Waals surface area (Å²) < 4.78 is 12.1. The average molecular weight is 635 g/mol. The van der Waals surface area contributed by atoms with Crippen molar-refractivity contribution in [3.05, 3.63) is 23.3 Å². The van der Waals surface area contributed by atoms with Gasteiger partial charge < -0.3 is 40.1 Å². The molecule has 8 heteroatoms. The van der Waals surface area contributed by atoms with E-state index < -0.39 is 54.4 Å². The summed E-state index contributed by atoms with van der Waals surface area (Å²) in [6, 6.07) is 0. The molecule has 0 aromatic carbocycles. The van der Waals surface area contributed by atoms with Crippen LogP contribution in [0.1, 0.15) is 113 Å². The van der Waals surface area contributed by atoms with Crippen molar-refractivity contribution in [1.29, 1.82) is 0 Å². The van der Waals surface area contributed by atoms with Crippen LogP contribution in [0.2, 0.25) is 0 Å². The van der Waals surface area contributed by atoms with Gasteiger partial charge in [-0.15, -0.1) is 0 Å². The predicted molar refractivity (Wildman–Crippen MR) is 173 cm³/mol. The van der Waals surface area contributed by atoms with Gasteiger partial charge in [0, 0.05) is 5.41 Å². The Kier molecular flexibility index (Phi) is 9.65. The molecule has 8 nitrogen and oxygen atoms in total. The maximum Gasteiger partial charge on any atom is 0.186 e. The molecule has 5 aliphatic rings. The quantitative estimate of drug-likeness (QED) is 0.202. The molecule has 5 rings (SSSR count). The molecule has 1 aliphatic heterocycles. The molecule has 0 aromatic heterocycles. The molecule has 2 saturated carbocycles. The van der Waals surface area contributed by atoms with E-state index in [-0.39, 0.29) is 28.8 Å². The van der Waals surface area contributed by atoms with Crippen molar-refractivity contribution < 1.29 is 40.1 Å². The average Bonchev–Trinajstić information content (AvgIpc) is 3.27. The van der Waals surface area contributed by atoms with Crippen LogP contribution < -0.4 is 0 Å². The van der Waals surface area contributed by atoms with Crippen molar-refractivity contribution in [3.63, 3.8) is 0 Å². The highest BCUT2D eigenvalue weighted by molar-refractivity contribution is 5.39. The highest BCUT2D eigenvalue weighted by Crippen LogP contribution is 2.72. The number of aliphatic hydroxyl groups is 6. The molecule has 3 fully saturated rings. The summed E-state index contributed by atoms with van der Waals surface area (Å²) in [4.78, 5) is 0. The van der Waals surface area contributed by atoms with Crippen molar-refractivity contribution in [2.75, 3.05) is 13.2 Å². The highest BCUT2D eigenvalue weighted by atomic mass is 16.7. The van der Waals surface area contributed by atoms with Crippen LogP contribution in [0.5, 0.6) is 0 Å². The zero-order valence-electron chi connectivity index (χ0n) is 28.9. The van der Waals surface area contributed by atoms with Gasteiger partial charge in [-0.05, 0) is 118 Å². The van der Waals surface area contributed by atoms with E-state index in [0.29, 0.717) is 18.3 Å². The molecule has 0 amide bonds. The van der Waals surface area contributed by atoms with Gasteiger partial charge in [0.05, 0.1) is 24.9 Å². The van der Waals surface area contributed by atoms with E-state index in [0.717, 1.165) is 50.5 Å². The molecule has 13 atom stereocenters. The van der Waals surface area contributed by atoms with Crippen molar-refractivity contribution in [2.24, 2.45) is 39.4 Å². The van der Waals surface area contributed by atoms with Crippen LogP contribution in [0.4, 0.5) is 0 Å². The number of rotatable bonds is 9. The van der Waals surface area contributed by atoms with Gasteiger partial charge in [0.2, 0.25) is 0 Å². The number of hydrogen-bond donors (Lipinski definition) is 6. The fraction of sp³-hybridized carbons (Fsp3) is 0.892. The summed E-state index contributed by atoms with van der Waals surface area (Å²) in [6.45, 7) is 19.3. The second-order valence-electron chi connectivity index (χ2n) is 17.1. The Morgan fingerprint density at radius 3 is 2.27 bits per heavy atom. The lowest BCUT2D eigenvalue weighted by molar-refractivity contribution is -0.328. The third-order valence-electron chi connectivity index (χ3n) is 14.5. The maximum absolute atomic E-state index is 11.0. The van der Waals surface area contributed by atoms with Crippen LogP contribution in [0.3, 0.4) is 0 Å². The first-order valence-electron chi connectivity index (χ1n) is 17.6. The molecule has 1 saturated heterocycles. The topological polar surface area (TPSA) is 140 Å². The lowest BCUT2D eigenvalue weighted by atomic mass is 9.43. The minimum atomic E-state index is -1.49. The molecular formula is C37H62O8. The first-order valence-corrected chi connectivity index (χ1v) is 17.6. The predicted octanol–water partition coefficient (Wildman–Crippen LogP) is 4.64. The second-order valence-corrected chi connectivity index (χ2v) is 17.1. The highest BCUT2D eigenvalue weighted by Gasteiger charge is 2.64. The molecule has 0 bridgehead atoms. The molecule has 45 heavy (non-hydrogen) atoms. The Morgan fingerprint density at radius 1 is 0.956 bits per heavy atom. The number of fused-ring (bicyclic) bond motifs is 4. The van der Waals surface area contributed by atoms with Gasteiger partial charge in [0.15, 0.2) is 6.29 Å². The molecule has 4 aliphatic carbocycles. The monoisotopic (exact) mass is 634 g/mol. The van der Waals surface area contributed by atoms with E-state index in [4.69, 9.17) is 9.47 Å². The van der Waals surface area contributed by atoms with Crippen LogP contribution >= 0.6 is 0 Å².